The lowest BCUT2D eigenvalue weighted by Gasteiger charge is -2.30. The first-order valence-corrected chi connectivity index (χ1v) is 12.8. The third-order valence-electron chi connectivity index (χ3n) is 5.17. The first-order chi connectivity index (χ1) is 15.6. The zero-order valence-corrected chi connectivity index (χ0v) is 20.5. The number of benzene rings is 2. The van der Waals surface area contributed by atoms with Crippen molar-refractivity contribution < 1.29 is 22.4 Å². The number of rotatable bonds is 11. The van der Waals surface area contributed by atoms with Gasteiger partial charge in [-0.3, -0.25) is 13.9 Å². The summed E-state index contributed by atoms with van der Waals surface area (Å²) < 4.78 is 38.9. The van der Waals surface area contributed by atoms with Crippen LogP contribution in [0.4, 0.5) is 10.1 Å². The van der Waals surface area contributed by atoms with Gasteiger partial charge in [-0.15, -0.1) is 0 Å². The second kappa shape index (κ2) is 12.0. The Morgan fingerprint density at radius 3 is 2.21 bits per heavy atom. The maximum atomic E-state index is 13.2. The highest BCUT2D eigenvalue weighted by Crippen LogP contribution is 2.20. The molecule has 180 valence electrons. The molecule has 0 saturated heterocycles. The molecule has 1 unspecified atom stereocenters. The molecule has 0 aliphatic carbocycles. The van der Waals surface area contributed by atoms with E-state index in [4.69, 9.17) is 11.6 Å². The fourth-order valence-corrected chi connectivity index (χ4v) is 4.58. The van der Waals surface area contributed by atoms with Crippen molar-refractivity contribution in [1.82, 2.24) is 10.2 Å². The highest BCUT2D eigenvalue weighted by molar-refractivity contribution is 7.92. The number of nitrogens with zero attached hydrogens (tertiary/aromatic N) is 2. The van der Waals surface area contributed by atoms with Crippen molar-refractivity contribution in [3.05, 3.63) is 64.9 Å². The van der Waals surface area contributed by atoms with E-state index in [0.29, 0.717) is 17.1 Å². The third kappa shape index (κ3) is 7.71. The lowest BCUT2D eigenvalue weighted by Crippen LogP contribution is -2.48. The van der Waals surface area contributed by atoms with Gasteiger partial charge < -0.3 is 10.2 Å². The molecule has 0 bridgehead atoms. The van der Waals surface area contributed by atoms with Crippen LogP contribution in [0.2, 0.25) is 5.02 Å². The van der Waals surface area contributed by atoms with Gasteiger partial charge in [-0.25, -0.2) is 12.8 Å². The number of nitrogens with one attached hydrogen (secondary N) is 1. The van der Waals surface area contributed by atoms with Crippen molar-refractivity contribution in [3.8, 4) is 0 Å². The molecule has 0 saturated carbocycles. The lowest BCUT2D eigenvalue weighted by atomic mass is 10.1. The Labute approximate surface area is 199 Å². The fraction of sp³-hybridized carbons (Fsp3) is 0.391. The molecule has 0 spiro atoms. The molecular weight excluding hydrogens is 469 g/mol. The number of sulfonamides is 1. The van der Waals surface area contributed by atoms with Crippen LogP contribution < -0.4 is 9.62 Å². The molecule has 10 heteroatoms. The Hall–Kier alpha value is -2.65. The van der Waals surface area contributed by atoms with Crippen molar-refractivity contribution in [1.29, 1.82) is 0 Å². The molecular formula is C23H29ClFN3O4S. The number of likely N-dealkylation sites (N-methyl/N-ethyl adjacent to an activating group) is 1. The minimum atomic E-state index is -3.63. The first kappa shape index (κ1) is 26.6. The average molecular weight is 498 g/mol. The Balaban J connectivity index is 2.17. The van der Waals surface area contributed by atoms with Gasteiger partial charge >= 0.3 is 0 Å². The van der Waals surface area contributed by atoms with Crippen LogP contribution in [0.15, 0.2) is 48.5 Å². The smallest absolute Gasteiger partial charge is 0.242 e. The minimum absolute atomic E-state index is 0.0360. The van der Waals surface area contributed by atoms with Gasteiger partial charge in [0, 0.05) is 31.6 Å². The van der Waals surface area contributed by atoms with Gasteiger partial charge in [-0.2, -0.15) is 0 Å². The molecule has 0 heterocycles. The monoisotopic (exact) mass is 497 g/mol. The van der Waals surface area contributed by atoms with Crippen molar-refractivity contribution in [3.63, 3.8) is 0 Å². The van der Waals surface area contributed by atoms with E-state index < -0.39 is 21.9 Å². The quantitative estimate of drug-likeness (QED) is 0.514. The summed E-state index contributed by atoms with van der Waals surface area (Å²) >= 11 is 5.95. The van der Waals surface area contributed by atoms with Crippen molar-refractivity contribution in [2.24, 2.45) is 0 Å². The van der Waals surface area contributed by atoms with E-state index >= 15 is 0 Å². The summed E-state index contributed by atoms with van der Waals surface area (Å²) in [4.78, 5) is 27.1. The summed E-state index contributed by atoms with van der Waals surface area (Å²) in [6.07, 6.45) is 1.74. The predicted octanol–water partition coefficient (Wildman–Crippen LogP) is 3.58. The van der Waals surface area contributed by atoms with Crippen LogP contribution in [0.5, 0.6) is 0 Å². The predicted molar refractivity (Wildman–Crippen MR) is 128 cm³/mol. The van der Waals surface area contributed by atoms with Crippen LogP contribution >= 0.6 is 11.6 Å². The number of carbonyl (C=O) groups is 2. The summed E-state index contributed by atoms with van der Waals surface area (Å²) in [7, 11) is -2.11. The normalized spacial score (nSPS) is 12.2. The Morgan fingerprint density at radius 1 is 1.09 bits per heavy atom. The molecule has 2 aromatic rings. The fourth-order valence-electron chi connectivity index (χ4n) is 3.48. The van der Waals surface area contributed by atoms with Crippen LogP contribution in [-0.2, 0) is 26.2 Å². The first-order valence-electron chi connectivity index (χ1n) is 10.6. The second-order valence-electron chi connectivity index (χ2n) is 7.60. The molecule has 2 rings (SSSR count). The van der Waals surface area contributed by atoms with Crippen molar-refractivity contribution in [2.75, 3.05) is 24.2 Å². The maximum Gasteiger partial charge on any atom is 0.242 e. The average Bonchev–Trinajstić information content (AvgIpc) is 2.77. The molecule has 1 N–H and O–H groups in total. The number of anilines is 1. The molecule has 7 nitrogen and oxygen atoms in total. The number of amides is 2. The largest absolute Gasteiger partial charge is 0.357 e. The van der Waals surface area contributed by atoms with E-state index in [1.807, 2.05) is 6.92 Å². The van der Waals surface area contributed by atoms with Crippen LogP contribution in [-0.4, -0.2) is 51.0 Å². The van der Waals surface area contributed by atoms with Gasteiger partial charge in [0.25, 0.3) is 0 Å². The third-order valence-corrected chi connectivity index (χ3v) is 6.61. The van der Waals surface area contributed by atoms with Crippen LogP contribution in [0, 0.1) is 5.82 Å². The molecule has 0 aliphatic heterocycles. The van der Waals surface area contributed by atoms with Gasteiger partial charge in [-0.05, 0) is 54.8 Å². The van der Waals surface area contributed by atoms with Gasteiger partial charge in [0.15, 0.2) is 0 Å². The van der Waals surface area contributed by atoms with E-state index in [2.05, 4.69) is 5.32 Å². The Morgan fingerprint density at radius 2 is 1.70 bits per heavy atom. The standard InChI is InChI=1S/C23H29ClFN3O4S/c1-4-21(23(30)26-2)27(16-17-7-9-18(24)10-8-17)22(29)6-5-15-28(33(3,31)32)20-13-11-19(25)12-14-20/h7-14,21H,4-6,15-16H2,1-3H3,(H,26,30). The van der Waals surface area contributed by atoms with Crippen LogP contribution in [0.1, 0.15) is 31.7 Å². The number of hydrogen-bond donors (Lipinski definition) is 1. The number of halogens is 2. The van der Waals surface area contributed by atoms with E-state index in [1.54, 1.807) is 24.3 Å². The Bertz CT molecular complexity index is 1050. The summed E-state index contributed by atoms with van der Waals surface area (Å²) in [5.74, 6) is -1.02. The maximum absolute atomic E-state index is 13.2. The molecule has 0 fully saturated rings. The topological polar surface area (TPSA) is 86.8 Å². The molecule has 0 aromatic heterocycles. The van der Waals surface area contributed by atoms with Gasteiger partial charge in [-0.1, -0.05) is 30.7 Å². The molecule has 33 heavy (non-hydrogen) atoms. The van der Waals surface area contributed by atoms with E-state index in [9.17, 15) is 22.4 Å². The molecule has 1 atom stereocenters. The molecule has 0 radical (unpaired) electrons. The summed E-state index contributed by atoms with van der Waals surface area (Å²) in [5, 5.41) is 3.16. The number of hydrogen-bond acceptors (Lipinski definition) is 4. The highest BCUT2D eigenvalue weighted by atomic mass is 35.5. The zero-order chi connectivity index (χ0) is 24.6. The van der Waals surface area contributed by atoms with E-state index in [1.165, 1.54) is 36.2 Å². The van der Waals surface area contributed by atoms with Crippen molar-refractivity contribution >= 4 is 39.1 Å². The highest BCUT2D eigenvalue weighted by Gasteiger charge is 2.28. The van der Waals surface area contributed by atoms with Crippen molar-refractivity contribution in [2.45, 2.75) is 38.8 Å². The van der Waals surface area contributed by atoms with Gasteiger partial charge in [0.05, 0.1) is 11.9 Å². The Kier molecular flexibility index (Phi) is 9.67. The van der Waals surface area contributed by atoms with E-state index in [0.717, 1.165) is 16.1 Å². The van der Waals surface area contributed by atoms with Crippen LogP contribution in [0.25, 0.3) is 0 Å². The SMILES string of the molecule is CCC(C(=O)NC)N(Cc1ccc(Cl)cc1)C(=O)CCCN(c1ccc(F)cc1)S(C)(=O)=O. The molecule has 0 aliphatic rings. The minimum Gasteiger partial charge on any atom is -0.357 e. The number of carbonyl (C=O) groups excluding carboxylic acids is 2. The summed E-state index contributed by atoms with van der Waals surface area (Å²) in [6.45, 7) is 2.08. The molecule has 2 amide bonds. The van der Waals surface area contributed by atoms with Gasteiger partial charge in [0.1, 0.15) is 11.9 Å². The summed E-state index contributed by atoms with van der Waals surface area (Å²) in [5.41, 5.74) is 1.14. The van der Waals surface area contributed by atoms with Crippen LogP contribution in [0.3, 0.4) is 0 Å². The second-order valence-corrected chi connectivity index (χ2v) is 9.94. The summed E-state index contributed by atoms with van der Waals surface area (Å²) in [6, 6.07) is 11.5. The van der Waals surface area contributed by atoms with E-state index in [-0.39, 0.29) is 37.7 Å². The van der Waals surface area contributed by atoms with Gasteiger partial charge in [0.2, 0.25) is 21.8 Å². The zero-order valence-electron chi connectivity index (χ0n) is 18.9. The lowest BCUT2D eigenvalue weighted by molar-refractivity contribution is -0.141. The molecule has 2 aromatic carbocycles.